The minimum absolute atomic E-state index is 0.0285. The Morgan fingerprint density at radius 3 is 2.21 bits per heavy atom. The van der Waals surface area contributed by atoms with Crippen molar-refractivity contribution in [3.63, 3.8) is 0 Å². The molecule has 0 saturated carbocycles. The van der Waals surface area contributed by atoms with Gasteiger partial charge in [0.2, 0.25) is 0 Å². The number of amides is 1. The zero-order valence-electron chi connectivity index (χ0n) is 16.5. The maximum Gasteiger partial charge on any atom is 0.254 e. The zero-order chi connectivity index (χ0) is 19.9. The molecule has 1 heterocycles. The number of carbonyl (C=O) groups excluding carboxylic acids is 1. The number of benzene rings is 2. The lowest BCUT2D eigenvalue weighted by molar-refractivity contribution is 0.0746. The number of nitrogens with zero attached hydrogens (tertiary/aromatic N) is 1. The Balaban J connectivity index is 1.85. The van der Waals surface area contributed by atoms with Crippen LogP contribution in [0.1, 0.15) is 25.7 Å². The van der Waals surface area contributed by atoms with Gasteiger partial charge in [0, 0.05) is 27.9 Å². The van der Waals surface area contributed by atoms with Crippen LogP contribution in [0.5, 0.6) is 11.5 Å². The lowest BCUT2D eigenvalue weighted by Gasteiger charge is -2.23. The molecule has 3 rings (SSSR count). The molecule has 28 heavy (non-hydrogen) atoms. The number of aryl methyl sites for hydroxylation is 1. The van der Waals surface area contributed by atoms with Gasteiger partial charge >= 0.3 is 0 Å². The van der Waals surface area contributed by atoms with E-state index in [0.29, 0.717) is 30.2 Å². The van der Waals surface area contributed by atoms with Gasteiger partial charge in [0.05, 0.1) is 20.8 Å². The van der Waals surface area contributed by atoms with Gasteiger partial charge in [-0.05, 0) is 43.2 Å². The molecule has 1 aromatic heterocycles. The predicted molar refractivity (Wildman–Crippen MR) is 113 cm³/mol. The topological polar surface area (TPSA) is 38.8 Å². The Hall–Kier alpha value is -2.79. The third kappa shape index (κ3) is 5.14. The average molecular weight is 396 g/mol. The average Bonchev–Trinajstić information content (AvgIpc) is 3.15. The summed E-state index contributed by atoms with van der Waals surface area (Å²) < 4.78 is 10.7. The Morgan fingerprint density at radius 2 is 1.64 bits per heavy atom. The molecule has 1 amide bonds. The van der Waals surface area contributed by atoms with Crippen LogP contribution < -0.4 is 9.47 Å². The molecule has 0 N–H and O–H groups in total. The smallest absolute Gasteiger partial charge is 0.254 e. The van der Waals surface area contributed by atoms with Gasteiger partial charge in [-0.1, -0.05) is 30.3 Å². The molecule has 0 atom stereocenters. The van der Waals surface area contributed by atoms with Crippen LogP contribution in [-0.4, -0.2) is 31.6 Å². The minimum Gasteiger partial charge on any atom is -0.497 e. The highest BCUT2D eigenvalue weighted by Crippen LogP contribution is 2.25. The predicted octanol–water partition coefficient (Wildman–Crippen LogP) is 4.96. The molecule has 0 spiro atoms. The lowest BCUT2D eigenvalue weighted by atomic mass is 10.1. The van der Waals surface area contributed by atoms with Crippen molar-refractivity contribution in [3.05, 3.63) is 81.5 Å². The van der Waals surface area contributed by atoms with Crippen molar-refractivity contribution in [2.24, 2.45) is 0 Å². The normalized spacial score (nSPS) is 10.5. The maximum atomic E-state index is 13.3. The second-order valence-electron chi connectivity index (χ2n) is 6.58. The van der Waals surface area contributed by atoms with Crippen molar-refractivity contribution in [1.29, 1.82) is 0 Å². The number of thiophene rings is 1. The summed E-state index contributed by atoms with van der Waals surface area (Å²) >= 11 is 1.72. The molecule has 0 unspecified atom stereocenters. The fourth-order valence-electron chi connectivity index (χ4n) is 3.03. The third-order valence-corrected chi connectivity index (χ3v) is 5.53. The van der Waals surface area contributed by atoms with E-state index in [9.17, 15) is 4.79 Å². The van der Waals surface area contributed by atoms with Crippen LogP contribution in [-0.2, 0) is 13.0 Å². The van der Waals surface area contributed by atoms with E-state index in [0.717, 1.165) is 6.42 Å². The molecule has 4 nitrogen and oxygen atoms in total. The van der Waals surface area contributed by atoms with Crippen molar-refractivity contribution in [1.82, 2.24) is 4.90 Å². The first-order chi connectivity index (χ1) is 13.6. The van der Waals surface area contributed by atoms with Gasteiger partial charge in [0.1, 0.15) is 11.5 Å². The molecule has 0 bridgehead atoms. The van der Waals surface area contributed by atoms with E-state index < -0.39 is 0 Å². The van der Waals surface area contributed by atoms with Gasteiger partial charge in [-0.15, -0.1) is 11.3 Å². The number of hydrogen-bond donors (Lipinski definition) is 0. The van der Waals surface area contributed by atoms with Crippen LogP contribution in [0.15, 0.2) is 60.7 Å². The van der Waals surface area contributed by atoms with Crippen molar-refractivity contribution >= 4 is 17.2 Å². The Kier molecular flexibility index (Phi) is 6.71. The second kappa shape index (κ2) is 9.42. The van der Waals surface area contributed by atoms with Gasteiger partial charge in [-0.2, -0.15) is 0 Å². The standard InChI is InChI=1S/C23H25NO3S/c1-17-9-10-22(28-17)16-24(12-11-18-7-5-4-6-8-18)23(25)19-13-20(26-2)15-21(14-19)27-3/h4-10,13-15H,11-12,16H2,1-3H3. The molecule has 0 aliphatic carbocycles. The second-order valence-corrected chi connectivity index (χ2v) is 7.95. The van der Waals surface area contributed by atoms with Crippen LogP contribution in [0.25, 0.3) is 0 Å². The molecule has 2 aromatic carbocycles. The Labute approximate surface area is 170 Å². The molecule has 0 aliphatic heterocycles. The highest BCUT2D eigenvalue weighted by molar-refractivity contribution is 7.11. The van der Waals surface area contributed by atoms with E-state index in [1.807, 2.05) is 23.1 Å². The number of methoxy groups -OCH3 is 2. The molecular weight excluding hydrogens is 370 g/mol. The van der Waals surface area contributed by atoms with Crippen LogP contribution in [0, 0.1) is 6.92 Å². The van der Waals surface area contributed by atoms with Crippen LogP contribution in [0.2, 0.25) is 0 Å². The molecule has 146 valence electrons. The van der Waals surface area contributed by atoms with Gasteiger partial charge < -0.3 is 14.4 Å². The SMILES string of the molecule is COc1cc(OC)cc(C(=O)N(CCc2ccccc2)Cc2ccc(C)s2)c1. The molecule has 0 aliphatic rings. The number of carbonyl (C=O) groups is 1. The fraction of sp³-hybridized carbons (Fsp3) is 0.261. The maximum absolute atomic E-state index is 13.3. The quantitative estimate of drug-likeness (QED) is 0.541. The number of rotatable bonds is 8. The highest BCUT2D eigenvalue weighted by Gasteiger charge is 2.19. The first kappa shape index (κ1) is 20.0. The molecular formula is C23H25NO3S. The first-order valence-electron chi connectivity index (χ1n) is 9.20. The van der Waals surface area contributed by atoms with Gasteiger partial charge in [0.15, 0.2) is 0 Å². The van der Waals surface area contributed by atoms with Crippen LogP contribution in [0.3, 0.4) is 0 Å². The van der Waals surface area contributed by atoms with Crippen molar-refractivity contribution in [2.45, 2.75) is 19.9 Å². The summed E-state index contributed by atoms with van der Waals surface area (Å²) in [6, 6.07) is 19.7. The highest BCUT2D eigenvalue weighted by atomic mass is 32.1. The summed E-state index contributed by atoms with van der Waals surface area (Å²) in [5, 5.41) is 0. The zero-order valence-corrected chi connectivity index (χ0v) is 17.3. The van der Waals surface area contributed by atoms with E-state index in [4.69, 9.17) is 9.47 Å². The summed E-state index contributed by atoms with van der Waals surface area (Å²) in [6.07, 6.45) is 0.804. The summed E-state index contributed by atoms with van der Waals surface area (Å²) in [7, 11) is 3.18. The largest absolute Gasteiger partial charge is 0.497 e. The van der Waals surface area contributed by atoms with E-state index in [2.05, 4.69) is 31.2 Å². The summed E-state index contributed by atoms with van der Waals surface area (Å²) in [6.45, 7) is 3.31. The van der Waals surface area contributed by atoms with E-state index in [1.54, 1.807) is 43.8 Å². The van der Waals surface area contributed by atoms with E-state index in [-0.39, 0.29) is 5.91 Å². The summed E-state index contributed by atoms with van der Waals surface area (Å²) in [4.78, 5) is 17.6. The monoisotopic (exact) mass is 395 g/mol. The Morgan fingerprint density at radius 1 is 0.964 bits per heavy atom. The number of ether oxygens (including phenoxy) is 2. The van der Waals surface area contributed by atoms with Gasteiger partial charge in [-0.3, -0.25) is 4.79 Å². The number of hydrogen-bond acceptors (Lipinski definition) is 4. The summed E-state index contributed by atoms with van der Waals surface area (Å²) in [5.74, 6) is 1.19. The Bertz CT molecular complexity index is 898. The van der Waals surface area contributed by atoms with Gasteiger partial charge in [0.25, 0.3) is 5.91 Å². The van der Waals surface area contributed by atoms with Crippen LogP contribution >= 0.6 is 11.3 Å². The first-order valence-corrected chi connectivity index (χ1v) is 10.0. The molecule has 5 heteroatoms. The van der Waals surface area contributed by atoms with Crippen LogP contribution in [0.4, 0.5) is 0 Å². The van der Waals surface area contributed by atoms with Crippen molar-refractivity contribution in [3.8, 4) is 11.5 Å². The van der Waals surface area contributed by atoms with Crippen molar-refractivity contribution < 1.29 is 14.3 Å². The van der Waals surface area contributed by atoms with Crippen molar-refractivity contribution in [2.75, 3.05) is 20.8 Å². The van der Waals surface area contributed by atoms with E-state index >= 15 is 0 Å². The molecule has 0 saturated heterocycles. The molecule has 3 aromatic rings. The fourth-order valence-corrected chi connectivity index (χ4v) is 3.94. The van der Waals surface area contributed by atoms with Gasteiger partial charge in [-0.25, -0.2) is 0 Å². The van der Waals surface area contributed by atoms with E-state index in [1.165, 1.54) is 15.3 Å². The summed E-state index contributed by atoms with van der Waals surface area (Å²) in [5.41, 5.74) is 1.78. The minimum atomic E-state index is -0.0285. The third-order valence-electron chi connectivity index (χ3n) is 4.54. The molecule has 0 fully saturated rings. The lowest BCUT2D eigenvalue weighted by Crippen LogP contribution is -2.32. The molecule has 0 radical (unpaired) electrons.